The molecule has 0 unspecified atom stereocenters. The van der Waals surface area contributed by atoms with Crippen molar-refractivity contribution in [2.45, 2.75) is 31.8 Å². The Morgan fingerprint density at radius 1 is 0.960 bits per heavy atom. The SMILES string of the molecule is O=C(Cc1ccc2ccccc2c1)N(Cc1ccccc1F)C1CC1. The lowest BCUT2D eigenvalue weighted by Gasteiger charge is -2.23. The molecule has 1 amide bonds. The molecule has 0 radical (unpaired) electrons. The zero-order valence-electron chi connectivity index (χ0n) is 14.0. The van der Waals surface area contributed by atoms with Crippen molar-refractivity contribution < 1.29 is 9.18 Å². The van der Waals surface area contributed by atoms with Crippen molar-refractivity contribution in [1.82, 2.24) is 4.90 Å². The summed E-state index contributed by atoms with van der Waals surface area (Å²) in [7, 11) is 0. The molecule has 126 valence electrons. The number of fused-ring (bicyclic) bond motifs is 1. The van der Waals surface area contributed by atoms with E-state index in [1.165, 1.54) is 11.5 Å². The highest BCUT2D eigenvalue weighted by Crippen LogP contribution is 2.29. The monoisotopic (exact) mass is 333 g/mol. The molecule has 0 spiro atoms. The van der Waals surface area contributed by atoms with Gasteiger partial charge in [0.25, 0.3) is 0 Å². The quantitative estimate of drug-likeness (QED) is 0.662. The van der Waals surface area contributed by atoms with Crippen LogP contribution in [-0.2, 0) is 17.8 Å². The summed E-state index contributed by atoms with van der Waals surface area (Å²) in [6, 6.07) is 21.2. The van der Waals surface area contributed by atoms with Crippen molar-refractivity contribution in [1.29, 1.82) is 0 Å². The predicted octanol–water partition coefficient (Wildman–Crippen LogP) is 4.71. The summed E-state index contributed by atoms with van der Waals surface area (Å²) in [6.07, 6.45) is 2.38. The van der Waals surface area contributed by atoms with Crippen LogP contribution in [0, 0.1) is 5.82 Å². The zero-order chi connectivity index (χ0) is 17.2. The maximum Gasteiger partial charge on any atom is 0.227 e. The van der Waals surface area contributed by atoms with Crippen LogP contribution in [0.1, 0.15) is 24.0 Å². The molecule has 3 aromatic rings. The Labute approximate surface area is 146 Å². The fraction of sp³-hybridized carbons (Fsp3) is 0.227. The number of benzene rings is 3. The van der Waals surface area contributed by atoms with Gasteiger partial charge < -0.3 is 4.90 Å². The van der Waals surface area contributed by atoms with Gasteiger partial charge in [-0.3, -0.25) is 4.79 Å². The molecule has 1 aliphatic carbocycles. The molecule has 2 nitrogen and oxygen atoms in total. The molecule has 0 aliphatic heterocycles. The molecule has 0 bridgehead atoms. The first-order valence-electron chi connectivity index (χ1n) is 8.71. The van der Waals surface area contributed by atoms with Crippen molar-refractivity contribution in [3.8, 4) is 0 Å². The Hall–Kier alpha value is -2.68. The van der Waals surface area contributed by atoms with Gasteiger partial charge in [0.1, 0.15) is 5.82 Å². The van der Waals surface area contributed by atoms with Crippen LogP contribution in [0.25, 0.3) is 10.8 Å². The first-order valence-corrected chi connectivity index (χ1v) is 8.71. The minimum atomic E-state index is -0.244. The fourth-order valence-electron chi connectivity index (χ4n) is 3.24. The maximum absolute atomic E-state index is 14.0. The number of halogens is 1. The Morgan fingerprint density at radius 2 is 1.68 bits per heavy atom. The highest BCUT2D eigenvalue weighted by Gasteiger charge is 2.32. The van der Waals surface area contributed by atoms with Gasteiger partial charge >= 0.3 is 0 Å². The van der Waals surface area contributed by atoms with Crippen molar-refractivity contribution in [2.24, 2.45) is 0 Å². The van der Waals surface area contributed by atoms with Gasteiger partial charge in [-0.05, 0) is 35.2 Å². The molecule has 0 heterocycles. The van der Waals surface area contributed by atoms with Crippen LogP contribution in [-0.4, -0.2) is 16.8 Å². The average molecular weight is 333 g/mol. The first kappa shape index (κ1) is 15.8. The largest absolute Gasteiger partial charge is 0.335 e. The second kappa shape index (κ2) is 6.67. The summed E-state index contributed by atoms with van der Waals surface area (Å²) in [4.78, 5) is 14.7. The molecule has 25 heavy (non-hydrogen) atoms. The van der Waals surface area contributed by atoms with E-state index >= 15 is 0 Å². The number of carbonyl (C=O) groups is 1. The molecule has 1 fully saturated rings. The van der Waals surface area contributed by atoms with Gasteiger partial charge in [-0.1, -0.05) is 60.7 Å². The van der Waals surface area contributed by atoms with Crippen LogP contribution in [0.4, 0.5) is 4.39 Å². The first-order chi connectivity index (χ1) is 12.2. The minimum absolute atomic E-state index is 0.0704. The van der Waals surface area contributed by atoms with Crippen LogP contribution in [0.3, 0.4) is 0 Å². The number of amides is 1. The Balaban J connectivity index is 1.53. The van der Waals surface area contributed by atoms with Crippen LogP contribution in [0.2, 0.25) is 0 Å². The summed E-state index contributed by atoms with van der Waals surface area (Å²) in [6.45, 7) is 0.351. The minimum Gasteiger partial charge on any atom is -0.335 e. The maximum atomic E-state index is 14.0. The van der Waals surface area contributed by atoms with Gasteiger partial charge in [0.15, 0.2) is 0 Å². The summed E-state index contributed by atoms with van der Waals surface area (Å²) in [5, 5.41) is 2.31. The van der Waals surface area contributed by atoms with Gasteiger partial charge in [-0.2, -0.15) is 0 Å². The predicted molar refractivity (Wildman–Crippen MR) is 97.6 cm³/mol. The molecule has 4 rings (SSSR count). The van der Waals surface area contributed by atoms with Crippen molar-refractivity contribution in [3.63, 3.8) is 0 Å². The molecule has 1 saturated carbocycles. The molecule has 0 saturated heterocycles. The third kappa shape index (κ3) is 3.55. The van der Waals surface area contributed by atoms with Crippen molar-refractivity contribution in [3.05, 3.63) is 83.7 Å². The molecular weight excluding hydrogens is 313 g/mol. The van der Waals surface area contributed by atoms with Gasteiger partial charge in [-0.25, -0.2) is 4.39 Å². The van der Waals surface area contributed by atoms with E-state index in [9.17, 15) is 9.18 Å². The Morgan fingerprint density at radius 3 is 2.44 bits per heavy atom. The van der Waals surface area contributed by atoms with E-state index in [-0.39, 0.29) is 17.8 Å². The van der Waals surface area contributed by atoms with Gasteiger partial charge in [0.2, 0.25) is 5.91 Å². The van der Waals surface area contributed by atoms with Gasteiger partial charge in [-0.15, -0.1) is 0 Å². The Kier molecular flexibility index (Phi) is 4.22. The lowest BCUT2D eigenvalue weighted by atomic mass is 10.0. The zero-order valence-corrected chi connectivity index (χ0v) is 14.0. The standard InChI is InChI=1S/C22H20FNO/c23-21-8-4-3-7-19(21)15-24(20-11-12-20)22(25)14-16-9-10-17-5-1-2-6-18(17)13-16/h1-10,13,20H,11-12,14-15H2. The molecule has 0 N–H and O–H groups in total. The number of hydrogen-bond donors (Lipinski definition) is 0. The molecule has 3 aromatic carbocycles. The van der Waals surface area contributed by atoms with E-state index < -0.39 is 0 Å². The van der Waals surface area contributed by atoms with E-state index in [0.717, 1.165) is 23.8 Å². The third-order valence-corrected chi connectivity index (χ3v) is 4.78. The summed E-state index contributed by atoms with van der Waals surface area (Å²) >= 11 is 0. The van der Waals surface area contributed by atoms with Gasteiger partial charge in [0.05, 0.1) is 6.42 Å². The van der Waals surface area contributed by atoms with E-state index in [4.69, 9.17) is 0 Å². The second-order valence-electron chi connectivity index (χ2n) is 6.70. The smallest absolute Gasteiger partial charge is 0.227 e. The van der Waals surface area contributed by atoms with E-state index in [2.05, 4.69) is 24.3 Å². The van der Waals surface area contributed by atoms with Crippen LogP contribution in [0.15, 0.2) is 66.7 Å². The van der Waals surface area contributed by atoms with Gasteiger partial charge in [0, 0.05) is 18.2 Å². The fourth-order valence-corrected chi connectivity index (χ4v) is 3.24. The lowest BCUT2D eigenvalue weighted by Crippen LogP contribution is -2.34. The number of nitrogens with zero attached hydrogens (tertiary/aromatic N) is 1. The van der Waals surface area contributed by atoms with Crippen LogP contribution >= 0.6 is 0 Å². The van der Waals surface area contributed by atoms with Crippen molar-refractivity contribution in [2.75, 3.05) is 0 Å². The molecule has 1 aliphatic rings. The van der Waals surface area contributed by atoms with Crippen LogP contribution in [0.5, 0.6) is 0 Å². The number of hydrogen-bond acceptors (Lipinski definition) is 1. The van der Waals surface area contributed by atoms with Crippen LogP contribution < -0.4 is 0 Å². The van der Waals surface area contributed by atoms with E-state index in [0.29, 0.717) is 18.5 Å². The highest BCUT2D eigenvalue weighted by atomic mass is 19.1. The number of rotatable bonds is 5. The normalized spacial score (nSPS) is 13.8. The molecular formula is C22H20FNO. The second-order valence-corrected chi connectivity index (χ2v) is 6.70. The summed E-state index contributed by atoms with van der Waals surface area (Å²) < 4.78 is 14.0. The molecule has 0 aromatic heterocycles. The van der Waals surface area contributed by atoms with E-state index in [1.54, 1.807) is 12.1 Å². The molecule has 0 atom stereocenters. The topological polar surface area (TPSA) is 20.3 Å². The summed E-state index contributed by atoms with van der Waals surface area (Å²) in [5.74, 6) is -0.173. The Bertz CT molecular complexity index is 917. The van der Waals surface area contributed by atoms with E-state index in [1.807, 2.05) is 29.2 Å². The number of carbonyl (C=O) groups excluding carboxylic acids is 1. The average Bonchev–Trinajstić information content (AvgIpc) is 3.46. The highest BCUT2D eigenvalue weighted by molar-refractivity contribution is 5.85. The lowest BCUT2D eigenvalue weighted by molar-refractivity contribution is -0.131. The third-order valence-electron chi connectivity index (χ3n) is 4.78. The summed E-state index contributed by atoms with van der Waals surface area (Å²) in [5.41, 5.74) is 1.59. The van der Waals surface area contributed by atoms with Crippen molar-refractivity contribution >= 4 is 16.7 Å². The molecule has 3 heteroatoms.